The first-order chi connectivity index (χ1) is 26.0. The van der Waals surface area contributed by atoms with Crippen LogP contribution in [0.2, 0.25) is 0 Å². The van der Waals surface area contributed by atoms with E-state index in [1.807, 2.05) is 0 Å². The number of amides is 3. The summed E-state index contributed by atoms with van der Waals surface area (Å²) in [6.07, 6.45) is 0.741. The zero-order chi connectivity index (χ0) is 39.6. The van der Waals surface area contributed by atoms with Crippen molar-refractivity contribution in [1.29, 1.82) is 0 Å². The first kappa shape index (κ1) is 37.4. The average Bonchev–Trinajstić information content (AvgIpc) is 3.51. The lowest BCUT2D eigenvalue weighted by Gasteiger charge is -2.31. The molecule has 0 saturated carbocycles. The maximum absolute atomic E-state index is 15.3. The Morgan fingerprint density at radius 1 is 1.18 bits per heavy atom. The Morgan fingerprint density at radius 3 is 2.67 bits per heavy atom. The van der Waals surface area contributed by atoms with Crippen molar-refractivity contribution in [3.8, 4) is 11.4 Å². The molecule has 0 bridgehead atoms. The standard InChI is InChI=1S/C39H41FN6O9/c1-7-39(52)24-13-28-32-22(16-46(28)34(48)23(24)17-53-35(39)49)31-26(11-10-21-19(2)25(40)14-27(44-32)30(21)31)43-29(47)18-54-37(51)45(6)33-20(9-8-12-41-33)15-42-36(50)55-38(3,4)5/h8-9,12-14,26,52H,7,10-11,15-18H2,1-6H3,(H,42,50)(H,43,47)/t26-,39-/m0/s1. The minimum Gasteiger partial charge on any atom is -0.458 e. The Balaban J connectivity index is 1.15. The molecule has 4 aromatic rings. The molecule has 55 heavy (non-hydrogen) atoms. The second kappa shape index (κ2) is 13.7. The summed E-state index contributed by atoms with van der Waals surface area (Å²) >= 11 is 0. The van der Waals surface area contributed by atoms with Gasteiger partial charge >= 0.3 is 18.2 Å². The van der Waals surface area contributed by atoms with E-state index in [0.29, 0.717) is 57.4 Å². The van der Waals surface area contributed by atoms with Crippen molar-refractivity contribution in [3.05, 3.63) is 85.6 Å². The largest absolute Gasteiger partial charge is 0.458 e. The molecule has 0 saturated heterocycles. The van der Waals surface area contributed by atoms with Crippen molar-refractivity contribution in [2.45, 2.75) is 90.8 Å². The topological polar surface area (TPSA) is 191 Å². The lowest BCUT2D eigenvalue weighted by Crippen LogP contribution is -2.44. The number of carbonyl (C=O) groups excluding carboxylic acids is 4. The molecule has 5 heterocycles. The maximum Gasteiger partial charge on any atom is 0.415 e. The predicted molar refractivity (Wildman–Crippen MR) is 195 cm³/mol. The number of ether oxygens (including phenoxy) is 3. The highest BCUT2D eigenvalue weighted by atomic mass is 19.1. The molecule has 288 valence electrons. The van der Waals surface area contributed by atoms with Crippen LogP contribution in [0.4, 0.5) is 19.8 Å². The highest BCUT2D eigenvalue weighted by Crippen LogP contribution is 2.46. The Hall–Kier alpha value is -5.90. The van der Waals surface area contributed by atoms with Gasteiger partial charge in [0.05, 0.1) is 35.1 Å². The lowest BCUT2D eigenvalue weighted by molar-refractivity contribution is -0.172. The summed E-state index contributed by atoms with van der Waals surface area (Å²) in [5.41, 5.74) is 1.19. The molecular weight excluding hydrogens is 715 g/mol. The first-order valence-electron chi connectivity index (χ1n) is 17.9. The van der Waals surface area contributed by atoms with E-state index in [1.54, 1.807) is 52.8 Å². The smallest absolute Gasteiger partial charge is 0.415 e. The van der Waals surface area contributed by atoms with Gasteiger partial charge in [0.25, 0.3) is 11.5 Å². The van der Waals surface area contributed by atoms with Crippen LogP contribution in [0, 0.1) is 12.7 Å². The fourth-order valence-electron chi connectivity index (χ4n) is 7.60. The number of alkyl carbamates (subject to hydrolysis) is 1. The van der Waals surface area contributed by atoms with Crippen molar-refractivity contribution < 1.29 is 42.9 Å². The van der Waals surface area contributed by atoms with Crippen molar-refractivity contribution >= 4 is 40.8 Å². The van der Waals surface area contributed by atoms with Gasteiger partial charge < -0.3 is 34.5 Å². The van der Waals surface area contributed by atoms with Gasteiger partial charge in [-0.1, -0.05) is 13.0 Å². The zero-order valence-corrected chi connectivity index (χ0v) is 31.3. The van der Waals surface area contributed by atoms with E-state index >= 15 is 4.39 Å². The van der Waals surface area contributed by atoms with E-state index in [2.05, 4.69) is 15.6 Å². The molecule has 2 aliphatic heterocycles. The number of aliphatic hydroxyl groups is 1. The number of hydrogen-bond acceptors (Lipinski definition) is 11. The van der Waals surface area contributed by atoms with Crippen LogP contribution in [-0.2, 0) is 55.5 Å². The van der Waals surface area contributed by atoms with Crippen molar-refractivity contribution in [2.75, 3.05) is 18.6 Å². The zero-order valence-electron chi connectivity index (χ0n) is 31.3. The molecule has 0 unspecified atom stereocenters. The van der Waals surface area contributed by atoms with Gasteiger partial charge in [0.1, 0.15) is 23.8 Å². The van der Waals surface area contributed by atoms with Crippen LogP contribution in [0.3, 0.4) is 0 Å². The Bertz CT molecular complexity index is 2370. The fourth-order valence-corrected chi connectivity index (χ4v) is 7.60. The summed E-state index contributed by atoms with van der Waals surface area (Å²) < 4.78 is 32.6. The van der Waals surface area contributed by atoms with E-state index in [9.17, 15) is 29.1 Å². The second-order valence-corrected chi connectivity index (χ2v) is 14.9. The first-order valence-corrected chi connectivity index (χ1v) is 17.9. The van der Waals surface area contributed by atoms with Crippen LogP contribution < -0.4 is 21.1 Å². The number of cyclic esters (lactones) is 1. The van der Waals surface area contributed by atoms with Gasteiger partial charge in [0, 0.05) is 47.9 Å². The third-order valence-corrected chi connectivity index (χ3v) is 10.3. The van der Waals surface area contributed by atoms with Crippen LogP contribution in [-0.4, -0.2) is 63.0 Å². The van der Waals surface area contributed by atoms with Crippen LogP contribution in [0.5, 0.6) is 0 Å². The number of esters is 1. The summed E-state index contributed by atoms with van der Waals surface area (Å²) in [7, 11) is 1.43. The van der Waals surface area contributed by atoms with Gasteiger partial charge in [-0.25, -0.2) is 28.7 Å². The molecule has 3 aromatic heterocycles. The number of rotatable bonds is 7. The number of carbonyl (C=O) groups is 4. The van der Waals surface area contributed by atoms with Crippen molar-refractivity contribution in [1.82, 2.24) is 25.2 Å². The molecule has 0 spiro atoms. The number of fused-ring (bicyclic) bond motifs is 5. The fraction of sp³-hybridized carbons (Fsp3) is 0.410. The van der Waals surface area contributed by atoms with E-state index in [-0.39, 0.29) is 43.1 Å². The number of nitrogens with one attached hydrogen (secondary N) is 2. The Morgan fingerprint density at radius 2 is 1.95 bits per heavy atom. The third-order valence-electron chi connectivity index (χ3n) is 10.3. The van der Waals surface area contributed by atoms with Gasteiger partial charge in [-0.3, -0.25) is 14.5 Å². The summed E-state index contributed by atoms with van der Waals surface area (Å²) in [6.45, 7) is 7.67. The molecule has 2 atom stereocenters. The average molecular weight is 757 g/mol. The van der Waals surface area contributed by atoms with Crippen LogP contribution in [0.15, 0.2) is 35.3 Å². The van der Waals surface area contributed by atoms with Crippen LogP contribution >= 0.6 is 0 Å². The summed E-state index contributed by atoms with van der Waals surface area (Å²) in [5.74, 6) is -1.69. The van der Waals surface area contributed by atoms with Gasteiger partial charge in [0.15, 0.2) is 12.2 Å². The normalized spacial score (nSPS) is 18.1. The molecule has 3 N–H and O–H groups in total. The summed E-state index contributed by atoms with van der Waals surface area (Å²) in [6, 6.07) is 5.61. The van der Waals surface area contributed by atoms with Gasteiger partial charge in [-0.15, -0.1) is 0 Å². The number of nitrogens with zero attached hydrogens (tertiary/aromatic N) is 4. The third kappa shape index (κ3) is 6.53. The molecule has 0 radical (unpaired) electrons. The molecule has 3 aliphatic rings. The highest BCUT2D eigenvalue weighted by Gasteiger charge is 2.46. The van der Waals surface area contributed by atoms with Gasteiger partial charge in [-0.2, -0.15) is 0 Å². The molecule has 16 heteroatoms. The van der Waals surface area contributed by atoms with E-state index in [1.165, 1.54) is 23.9 Å². The Labute approximate surface area is 314 Å². The number of benzene rings is 1. The number of halogens is 1. The minimum absolute atomic E-state index is 0.0113. The summed E-state index contributed by atoms with van der Waals surface area (Å²) in [5, 5.41) is 17.6. The van der Waals surface area contributed by atoms with Crippen LogP contribution in [0.1, 0.15) is 85.5 Å². The number of aryl methyl sites for hydroxylation is 1. The number of aromatic nitrogens is 3. The molecule has 0 fully saturated rings. The Kier molecular flexibility index (Phi) is 9.35. The summed E-state index contributed by atoms with van der Waals surface area (Å²) in [4.78, 5) is 75.6. The highest BCUT2D eigenvalue weighted by molar-refractivity contribution is 5.94. The lowest BCUT2D eigenvalue weighted by atomic mass is 9.81. The molecule has 1 aliphatic carbocycles. The van der Waals surface area contributed by atoms with Gasteiger partial charge in [0.2, 0.25) is 0 Å². The maximum atomic E-state index is 15.3. The van der Waals surface area contributed by atoms with E-state index in [4.69, 9.17) is 19.2 Å². The number of hydrogen-bond donors (Lipinski definition) is 3. The number of anilines is 1. The molecule has 3 amide bonds. The molecule has 1 aromatic carbocycles. The number of pyridine rings is 3. The monoisotopic (exact) mass is 756 g/mol. The van der Waals surface area contributed by atoms with Crippen LogP contribution in [0.25, 0.3) is 22.3 Å². The van der Waals surface area contributed by atoms with E-state index < -0.39 is 59.3 Å². The quantitative estimate of drug-likeness (QED) is 0.158. The van der Waals surface area contributed by atoms with Gasteiger partial charge in [-0.05, 0) is 75.8 Å². The van der Waals surface area contributed by atoms with Crippen molar-refractivity contribution in [2.24, 2.45) is 0 Å². The molecule has 15 nitrogen and oxygen atoms in total. The molecule has 7 rings (SSSR count). The molecular formula is C39H41FN6O9. The second-order valence-electron chi connectivity index (χ2n) is 14.9. The minimum atomic E-state index is -2.02. The van der Waals surface area contributed by atoms with E-state index in [0.717, 1.165) is 10.5 Å². The van der Waals surface area contributed by atoms with Crippen molar-refractivity contribution in [3.63, 3.8) is 0 Å². The SMILES string of the molecule is CC[C@@]1(O)C(=O)OCc2c1cc1n(c2=O)Cc2c-1nc1cc(F)c(C)c3c1c2[C@@H](NC(=O)COC(=O)N(C)c1ncccc1CNC(=O)OC(C)(C)C)CC3. The predicted octanol–water partition coefficient (Wildman–Crippen LogP) is 4.32.